The molecule has 0 saturated carbocycles. The summed E-state index contributed by atoms with van der Waals surface area (Å²) in [5, 5.41) is 2.02. The third-order valence-corrected chi connectivity index (χ3v) is 4.05. The molecule has 2 aromatic heterocycles. The van der Waals surface area contributed by atoms with Crippen LogP contribution in [0.4, 0.5) is 0 Å². The predicted molar refractivity (Wildman–Crippen MR) is 64.5 cm³/mol. The van der Waals surface area contributed by atoms with Gasteiger partial charge < -0.3 is 10.2 Å². The van der Waals surface area contributed by atoms with Crippen LogP contribution in [0.15, 0.2) is 36.5 Å². The fourth-order valence-corrected chi connectivity index (χ4v) is 2.83. The van der Waals surface area contributed by atoms with Gasteiger partial charge in [0.05, 0.1) is 20.6 Å². The summed E-state index contributed by atoms with van der Waals surface area (Å²) in [6.45, 7) is 0. The first-order chi connectivity index (χ1) is 6.68. The molecule has 1 unspecified atom stereocenters. The van der Waals surface area contributed by atoms with Gasteiger partial charge >= 0.3 is 0 Å². The molecule has 2 aromatic rings. The molecule has 0 aliphatic carbocycles. The molecule has 0 aromatic carbocycles. The van der Waals surface area contributed by atoms with E-state index in [2.05, 4.69) is 31.9 Å². The molecule has 0 bridgehead atoms. The molecule has 2 N–H and O–H groups in total. The Bertz CT molecular complexity index is 437. The molecule has 0 aliphatic heterocycles. The lowest BCUT2D eigenvalue weighted by atomic mass is 10.1. The molecule has 0 aliphatic rings. The summed E-state index contributed by atoms with van der Waals surface area (Å²) in [5.74, 6) is 0.760. The van der Waals surface area contributed by atoms with Crippen LogP contribution in [0.2, 0.25) is 0 Å². The Morgan fingerprint density at radius 1 is 1.43 bits per heavy atom. The van der Waals surface area contributed by atoms with E-state index in [-0.39, 0.29) is 6.04 Å². The van der Waals surface area contributed by atoms with E-state index in [0.717, 1.165) is 19.6 Å². The highest BCUT2D eigenvalue weighted by molar-refractivity contribution is 9.11. The maximum atomic E-state index is 6.04. The van der Waals surface area contributed by atoms with E-state index >= 15 is 0 Å². The third kappa shape index (κ3) is 1.95. The van der Waals surface area contributed by atoms with Crippen LogP contribution in [-0.4, -0.2) is 0 Å². The van der Waals surface area contributed by atoms with Crippen molar-refractivity contribution >= 4 is 43.2 Å². The number of halogens is 2. The number of furan rings is 1. The molecule has 2 rings (SSSR count). The van der Waals surface area contributed by atoms with Crippen molar-refractivity contribution in [3.63, 3.8) is 0 Å². The van der Waals surface area contributed by atoms with Crippen molar-refractivity contribution in [1.29, 1.82) is 0 Å². The van der Waals surface area contributed by atoms with Gasteiger partial charge in [-0.05, 0) is 54.9 Å². The van der Waals surface area contributed by atoms with E-state index in [1.807, 2.05) is 17.5 Å². The van der Waals surface area contributed by atoms with Gasteiger partial charge in [-0.15, -0.1) is 11.3 Å². The third-order valence-electron chi connectivity index (χ3n) is 1.87. The van der Waals surface area contributed by atoms with Crippen LogP contribution in [0.3, 0.4) is 0 Å². The average Bonchev–Trinajstić information content (AvgIpc) is 2.73. The monoisotopic (exact) mass is 335 g/mol. The molecule has 5 heteroatoms. The Labute approximate surface area is 102 Å². The summed E-state index contributed by atoms with van der Waals surface area (Å²) >= 11 is 8.41. The normalized spacial score (nSPS) is 13.1. The molecule has 0 radical (unpaired) electrons. The number of hydrogen-bond donors (Lipinski definition) is 1. The zero-order valence-corrected chi connectivity index (χ0v) is 11.0. The van der Waals surface area contributed by atoms with Crippen LogP contribution in [0.5, 0.6) is 0 Å². The summed E-state index contributed by atoms with van der Waals surface area (Å²) in [4.78, 5) is 0. The second kappa shape index (κ2) is 4.18. The van der Waals surface area contributed by atoms with E-state index < -0.39 is 0 Å². The molecular formula is C9H7Br2NOS. The summed E-state index contributed by atoms with van der Waals surface area (Å²) < 4.78 is 7.29. The fraction of sp³-hybridized carbons (Fsp3) is 0.111. The maximum absolute atomic E-state index is 6.04. The first-order valence-corrected chi connectivity index (χ1v) is 6.37. The standard InChI is InChI=1S/C9H7Br2NOS/c10-6-1-2-13-9(6)8(12)5-3-7(11)14-4-5/h1-4,8H,12H2. The predicted octanol–water partition coefficient (Wildman–Crippen LogP) is 3.91. The topological polar surface area (TPSA) is 39.2 Å². The van der Waals surface area contributed by atoms with Gasteiger partial charge in [-0.1, -0.05) is 0 Å². The first-order valence-electron chi connectivity index (χ1n) is 3.91. The van der Waals surface area contributed by atoms with Gasteiger partial charge in [0, 0.05) is 0 Å². The minimum atomic E-state index is -0.207. The van der Waals surface area contributed by atoms with E-state index in [1.54, 1.807) is 17.6 Å². The fourth-order valence-electron chi connectivity index (χ4n) is 1.17. The Kier molecular flexibility index (Phi) is 3.11. The van der Waals surface area contributed by atoms with Crippen LogP contribution < -0.4 is 5.73 Å². The van der Waals surface area contributed by atoms with Crippen LogP contribution in [-0.2, 0) is 0 Å². The summed E-state index contributed by atoms with van der Waals surface area (Å²) in [6, 6.07) is 3.64. The molecule has 0 fully saturated rings. The molecule has 0 amide bonds. The highest BCUT2D eigenvalue weighted by Gasteiger charge is 2.16. The zero-order valence-electron chi connectivity index (χ0n) is 7.04. The Morgan fingerprint density at radius 3 is 2.71 bits per heavy atom. The van der Waals surface area contributed by atoms with Crippen molar-refractivity contribution in [2.75, 3.05) is 0 Å². The van der Waals surface area contributed by atoms with Gasteiger partial charge in [-0.3, -0.25) is 0 Å². The van der Waals surface area contributed by atoms with Crippen LogP contribution in [0.1, 0.15) is 17.4 Å². The Morgan fingerprint density at radius 2 is 2.21 bits per heavy atom. The van der Waals surface area contributed by atoms with Crippen molar-refractivity contribution in [3.8, 4) is 0 Å². The SMILES string of the molecule is NC(c1csc(Br)c1)c1occc1Br. The Hall–Kier alpha value is -0.100. The lowest BCUT2D eigenvalue weighted by Crippen LogP contribution is -2.10. The molecule has 0 saturated heterocycles. The number of thiophene rings is 1. The van der Waals surface area contributed by atoms with Crippen molar-refractivity contribution in [2.24, 2.45) is 5.73 Å². The van der Waals surface area contributed by atoms with Crippen molar-refractivity contribution < 1.29 is 4.42 Å². The minimum absolute atomic E-state index is 0.207. The Balaban J connectivity index is 2.33. The number of nitrogens with two attached hydrogens (primary N) is 1. The van der Waals surface area contributed by atoms with Crippen LogP contribution in [0, 0.1) is 0 Å². The maximum Gasteiger partial charge on any atom is 0.139 e. The van der Waals surface area contributed by atoms with E-state index in [4.69, 9.17) is 10.2 Å². The van der Waals surface area contributed by atoms with Crippen molar-refractivity contribution in [2.45, 2.75) is 6.04 Å². The minimum Gasteiger partial charge on any atom is -0.466 e. The summed E-state index contributed by atoms with van der Waals surface area (Å²) in [7, 11) is 0. The highest BCUT2D eigenvalue weighted by atomic mass is 79.9. The lowest BCUT2D eigenvalue weighted by molar-refractivity contribution is 0.488. The van der Waals surface area contributed by atoms with Gasteiger partial charge in [0.15, 0.2) is 0 Å². The molecule has 2 nitrogen and oxygen atoms in total. The van der Waals surface area contributed by atoms with E-state index in [0.29, 0.717) is 0 Å². The average molecular weight is 337 g/mol. The van der Waals surface area contributed by atoms with Gasteiger partial charge in [0.1, 0.15) is 5.76 Å². The second-order valence-corrected chi connectivity index (χ2v) is 5.94. The van der Waals surface area contributed by atoms with Gasteiger partial charge in [-0.2, -0.15) is 0 Å². The molecule has 74 valence electrons. The molecule has 1 atom stereocenters. The van der Waals surface area contributed by atoms with Gasteiger partial charge in [0.25, 0.3) is 0 Å². The number of hydrogen-bond acceptors (Lipinski definition) is 3. The number of rotatable bonds is 2. The van der Waals surface area contributed by atoms with E-state index in [1.165, 1.54) is 0 Å². The zero-order chi connectivity index (χ0) is 10.1. The lowest BCUT2D eigenvalue weighted by Gasteiger charge is -2.06. The van der Waals surface area contributed by atoms with Gasteiger partial charge in [-0.25, -0.2) is 0 Å². The van der Waals surface area contributed by atoms with Crippen molar-refractivity contribution in [1.82, 2.24) is 0 Å². The molecule has 2 heterocycles. The highest BCUT2D eigenvalue weighted by Crippen LogP contribution is 2.31. The largest absolute Gasteiger partial charge is 0.466 e. The second-order valence-electron chi connectivity index (χ2n) is 2.79. The van der Waals surface area contributed by atoms with Crippen molar-refractivity contribution in [3.05, 3.63) is 43.4 Å². The summed E-state index contributed by atoms with van der Waals surface area (Å²) in [5.41, 5.74) is 7.09. The smallest absolute Gasteiger partial charge is 0.139 e. The molecule has 14 heavy (non-hydrogen) atoms. The summed E-state index contributed by atoms with van der Waals surface area (Å²) in [6.07, 6.45) is 1.63. The molecule has 0 spiro atoms. The quantitative estimate of drug-likeness (QED) is 0.902. The first kappa shape index (κ1) is 10.4. The van der Waals surface area contributed by atoms with E-state index in [9.17, 15) is 0 Å². The molecular weight excluding hydrogens is 330 g/mol. The van der Waals surface area contributed by atoms with Crippen LogP contribution >= 0.6 is 43.2 Å². The van der Waals surface area contributed by atoms with Gasteiger partial charge in [0.2, 0.25) is 0 Å². The van der Waals surface area contributed by atoms with Crippen LogP contribution in [0.25, 0.3) is 0 Å².